The summed E-state index contributed by atoms with van der Waals surface area (Å²) in [5, 5.41) is 2.12. The van der Waals surface area contributed by atoms with E-state index in [0.29, 0.717) is 0 Å². The zero-order valence-electron chi connectivity index (χ0n) is 9.00. The summed E-state index contributed by atoms with van der Waals surface area (Å²) >= 11 is 1.46. The lowest BCUT2D eigenvalue weighted by Gasteiger charge is -1.98. The Labute approximate surface area is 95.8 Å². The second-order valence-corrected chi connectivity index (χ2v) is 4.91. The van der Waals surface area contributed by atoms with E-state index in [-0.39, 0.29) is 5.56 Å². The Balaban J connectivity index is 2.67. The third-order valence-corrected chi connectivity index (χ3v) is 3.79. The van der Waals surface area contributed by atoms with E-state index >= 15 is 0 Å². The van der Waals surface area contributed by atoms with Gasteiger partial charge in [-0.1, -0.05) is 0 Å². The summed E-state index contributed by atoms with van der Waals surface area (Å²) in [5.74, 6) is 0. The van der Waals surface area contributed by atoms with Gasteiger partial charge in [-0.3, -0.25) is 4.79 Å². The lowest BCUT2D eigenvalue weighted by molar-refractivity contribution is 1.25. The van der Waals surface area contributed by atoms with Crippen molar-refractivity contribution in [1.82, 2.24) is 9.97 Å². The number of fused-ring (bicyclic) bond motifs is 3. The second kappa shape index (κ2) is 3.15. The largest absolute Gasteiger partial charge is 0.328 e. The van der Waals surface area contributed by atoms with Crippen LogP contribution in [0.25, 0.3) is 20.3 Å². The Kier molecular flexibility index (Phi) is 1.88. The molecule has 0 aromatic carbocycles. The van der Waals surface area contributed by atoms with Crippen LogP contribution in [0, 0.1) is 13.8 Å². The number of hydrogen-bond donors (Lipinski definition) is 1. The molecule has 0 bridgehead atoms. The normalized spacial score (nSPS) is 11.4. The quantitative estimate of drug-likeness (QED) is 0.645. The van der Waals surface area contributed by atoms with Gasteiger partial charge in [-0.25, -0.2) is 4.98 Å². The standard InChI is InChI=1S/C12H10N2OS/c1-6-5-7(2)14-12-9(6)8-3-4-13-11(15)10(8)16-12/h3-5H,1-2H3,(H,13,15). The highest BCUT2D eigenvalue weighted by molar-refractivity contribution is 7.25. The van der Waals surface area contributed by atoms with Crippen molar-refractivity contribution in [3.8, 4) is 0 Å². The van der Waals surface area contributed by atoms with Gasteiger partial charge < -0.3 is 4.98 Å². The van der Waals surface area contributed by atoms with Gasteiger partial charge in [0.25, 0.3) is 5.56 Å². The minimum atomic E-state index is -0.0300. The molecule has 0 saturated heterocycles. The minimum absolute atomic E-state index is 0.0300. The molecule has 4 heteroatoms. The highest BCUT2D eigenvalue weighted by Crippen LogP contribution is 2.32. The fourth-order valence-electron chi connectivity index (χ4n) is 2.06. The lowest BCUT2D eigenvalue weighted by atomic mass is 10.1. The van der Waals surface area contributed by atoms with Gasteiger partial charge in [-0.15, -0.1) is 11.3 Å². The van der Waals surface area contributed by atoms with Crippen LogP contribution >= 0.6 is 11.3 Å². The first-order valence-electron chi connectivity index (χ1n) is 5.05. The van der Waals surface area contributed by atoms with E-state index in [1.54, 1.807) is 6.20 Å². The van der Waals surface area contributed by atoms with Crippen molar-refractivity contribution in [2.45, 2.75) is 13.8 Å². The molecular formula is C12H10N2OS. The van der Waals surface area contributed by atoms with Crippen molar-refractivity contribution < 1.29 is 0 Å². The van der Waals surface area contributed by atoms with Crippen LogP contribution in [0.4, 0.5) is 0 Å². The van der Waals surface area contributed by atoms with Crippen molar-refractivity contribution in [3.05, 3.63) is 39.9 Å². The molecule has 3 rings (SSSR count). The van der Waals surface area contributed by atoms with E-state index < -0.39 is 0 Å². The highest BCUT2D eigenvalue weighted by atomic mass is 32.1. The molecule has 3 nitrogen and oxygen atoms in total. The lowest BCUT2D eigenvalue weighted by Crippen LogP contribution is -2.01. The van der Waals surface area contributed by atoms with Gasteiger partial charge in [0.05, 0.1) is 0 Å². The zero-order valence-corrected chi connectivity index (χ0v) is 9.81. The molecule has 0 aliphatic heterocycles. The molecule has 0 atom stereocenters. The molecule has 0 aliphatic rings. The number of aromatic amines is 1. The van der Waals surface area contributed by atoms with Gasteiger partial charge in [0.1, 0.15) is 9.53 Å². The molecule has 3 aromatic rings. The second-order valence-electron chi connectivity index (χ2n) is 3.91. The fourth-order valence-corrected chi connectivity index (χ4v) is 3.25. The number of rotatable bonds is 0. The Morgan fingerprint density at radius 1 is 1.38 bits per heavy atom. The number of nitrogens with one attached hydrogen (secondary N) is 1. The molecule has 0 unspecified atom stereocenters. The van der Waals surface area contributed by atoms with E-state index in [1.165, 1.54) is 16.9 Å². The summed E-state index contributed by atoms with van der Waals surface area (Å²) in [7, 11) is 0. The Morgan fingerprint density at radius 2 is 2.19 bits per heavy atom. The Hall–Kier alpha value is -1.68. The summed E-state index contributed by atoms with van der Waals surface area (Å²) in [6, 6.07) is 4.00. The molecule has 0 spiro atoms. The molecular weight excluding hydrogens is 220 g/mol. The smallest absolute Gasteiger partial charge is 0.265 e. The number of hydrogen-bond acceptors (Lipinski definition) is 3. The molecule has 1 N–H and O–H groups in total. The molecule has 80 valence electrons. The highest BCUT2D eigenvalue weighted by Gasteiger charge is 2.10. The van der Waals surface area contributed by atoms with Gasteiger partial charge in [-0.2, -0.15) is 0 Å². The number of pyridine rings is 2. The number of aromatic nitrogens is 2. The van der Waals surface area contributed by atoms with Gasteiger partial charge in [0.2, 0.25) is 0 Å². The van der Waals surface area contributed by atoms with Crippen molar-refractivity contribution in [3.63, 3.8) is 0 Å². The van der Waals surface area contributed by atoms with Gasteiger partial charge >= 0.3 is 0 Å². The van der Waals surface area contributed by atoms with Crippen LogP contribution in [-0.2, 0) is 0 Å². The summed E-state index contributed by atoms with van der Waals surface area (Å²) in [6.45, 7) is 4.03. The fraction of sp³-hybridized carbons (Fsp3) is 0.167. The summed E-state index contributed by atoms with van der Waals surface area (Å²) in [5.41, 5.74) is 2.14. The number of H-pyrrole nitrogens is 1. The first-order chi connectivity index (χ1) is 7.66. The molecule has 3 heterocycles. The maximum atomic E-state index is 11.7. The molecule has 16 heavy (non-hydrogen) atoms. The third kappa shape index (κ3) is 1.20. The van der Waals surface area contributed by atoms with Crippen LogP contribution in [0.2, 0.25) is 0 Å². The molecule has 0 aliphatic carbocycles. The SMILES string of the molecule is Cc1cc(C)c2c(n1)sc1c(=O)[nH]ccc12. The topological polar surface area (TPSA) is 45.8 Å². The maximum Gasteiger partial charge on any atom is 0.265 e. The first kappa shape index (κ1) is 9.54. The minimum Gasteiger partial charge on any atom is -0.328 e. The molecule has 0 fully saturated rings. The van der Waals surface area contributed by atoms with Crippen molar-refractivity contribution >= 4 is 31.6 Å². The zero-order chi connectivity index (χ0) is 11.3. The molecule has 0 amide bonds. The average molecular weight is 230 g/mol. The van der Waals surface area contributed by atoms with Crippen LogP contribution in [0.5, 0.6) is 0 Å². The first-order valence-corrected chi connectivity index (χ1v) is 5.86. The predicted molar refractivity (Wildman–Crippen MR) is 67.2 cm³/mol. The van der Waals surface area contributed by atoms with E-state index in [9.17, 15) is 4.79 Å². The maximum absolute atomic E-state index is 11.7. The number of aryl methyl sites for hydroxylation is 2. The van der Waals surface area contributed by atoms with Crippen LogP contribution in [0.15, 0.2) is 23.1 Å². The van der Waals surface area contributed by atoms with Gasteiger partial charge in [0, 0.05) is 22.7 Å². The van der Waals surface area contributed by atoms with Crippen molar-refractivity contribution in [2.75, 3.05) is 0 Å². The van der Waals surface area contributed by atoms with E-state index in [1.807, 2.05) is 13.0 Å². The van der Waals surface area contributed by atoms with Gasteiger partial charge in [-0.05, 0) is 31.5 Å². The summed E-state index contributed by atoms with van der Waals surface area (Å²) in [6.07, 6.45) is 1.69. The third-order valence-electron chi connectivity index (χ3n) is 2.69. The van der Waals surface area contributed by atoms with E-state index in [2.05, 4.69) is 23.0 Å². The van der Waals surface area contributed by atoms with Crippen LogP contribution < -0.4 is 5.56 Å². The van der Waals surface area contributed by atoms with E-state index in [4.69, 9.17) is 0 Å². The summed E-state index contributed by atoms with van der Waals surface area (Å²) in [4.78, 5) is 19.8. The van der Waals surface area contributed by atoms with Crippen molar-refractivity contribution in [2.24, 2.45) is 0 Å². The monoisotopic (exact) mass is 230 g/mol. The number of nitrogens with zero attached hydrogens (tertiary/aromatic N) is 1. The van der Waals surface area contributed by atoms with Gasteiger partial charge in [0.15, 0.2) is 0 Å². The molecule has 3 aromatic heterocycles. The van der Waals surface area contributed by atoms with Crippen LogP contribution in [-0.4, -0.2) is 9.97 Å². The Morgan fingerprint density at radius 3 is 3.00 bits per heavy atom. The molecule has 0 saturated carbocycles. The average Bonchev–Trinajstić information content (AvgIpc) is 2.57. The number of thiophene rings is 1. The summed E-state index contributed by atoms with van der Waals surface area (Å²) < 4.78 is 0.763. The van der Waals surface area contributed by atoms with Crippen LogP contribution in [0.3, 0.4) is 0 Å². The Bertz CT molecular complexity index is 755. The van der Waals surface area contributed by atoms with Crippen molar-refractivity contribution in [1.29, 1.82) is 0 Å². The predicted octanol–water partition coefficient (Wildman–Crippen LogP) is 2.75. The molecule has 0 radical (unpaired) electrons. The van der Waals surface area contributed by atoms with E-state index in [0.717, 1.165) is 26.0 Å². The van der Waals surface area contributed by atoms with Crippen LogP contribution in [0.1, 0.15) is 11.3 Å².